The molecule has 0 radical (unpaired) electrons. The predicted octanol–water partition coefficient (Wildman–Crippen LogP) is -0.786. The van der Waals surface area contributed by atoms with Gasteiger partial charge in [-0.05, 0) is 39.6 Å². The maximum atomic E-state index is 11.4. The maximum absolute atomic E-state index is 11.4. The molecule has 19 atom stereocenters. The predicted molar refractivity (Wildman–Crippen MR) is 168 cm³/mol. The van der Waals surface area contributed by atoms with E-state index in [0.29, 0.717) is 0 Å². The Morgan fingerprint density at radius 3 is 1.39 bits per heavy atom. The minimum Gasteiger partial charge on any atom is -0.394 e. The molecule has 7 N–H and O–H groups in total. The highest BCUT2D eigenvalue weighted by Gasteiger charge is 2.55. The Bertz CT molecular complexity index is 1590. The van der Waals surface area contributed by atoms with Crippen molar-refractivity contribution in [1.29, 1.82) is 0 Å². The molecule has 0 aromatic rings. The first-order chi connectivity index (χ1) is 26.0. The zero-order valence-corrected chi connectivity index (χ0v) is 27.4. The highest BCUT2D eigenvalue weighted by Crippen LogP contribution is 2.37. The molecule has 0 aromatic carbocycles. The Kier molecular flexibility index (Phi) is 15.3. The molecule has 1 saturated carbocycles. The number of aliphatic hydroxyl groups excluding tert-OH is 7. The molecular weight excluding hydrogens is 736 g/mol. The van der Waals surface area contributed by atoms with E-state index in [1.165, 1.54) is 0 Å². The van der Waals surface area contributed by atoms with Crippen molar-refractivity contribution in [2.45, 2.75) is 123 Å². The number of nitrogens with zero attached hydrogens (tertiary/aromatic N) is 18. The molecular formula is C23H34N18O13. The topological polar surface area (TPSA) is 490 Å². The van der Waals surface area contributed by atoms with Gasteiger partial charge in [0.25, 0.3) is 0 Å². The first kappa shape index (κ1) is 42.1. The lowest BCUT2D eigenvalue weighted by Crippen LogP contribution is -2.63. The fourth-order valence-corrected chi connectivity index (χ4v) is 6.40. The van der Waals surface area contributed by atoms with Crippen LogP contribution in [0.4, 0.5) is 0 Å². The van der Waals surface area contributed by atoms with Crippen LogP contribution in [-0.4, -0.2) is 172 Å². The van der Waals surface area contributed by atoms with Crippen LogP contribution in [0.2, 0.25) is 0 Å². The van der Waals surface area contributed by atoms with Crippen molar-refractivity contribution in [2.24, 2.45) is 30.7 Å². The Morgan fingerprint density at radius 1 is 0.481 bits per heavy atom. The minimum absolute atomic E-state index is 0.379. The van der Waals surface area contributed by atoms with Gasteiger partial charge in [0.05, 0.1) is 68.4 Å². The van der Waals surface area contributed by atoms with E-state index in [4.69, 9.17) is 56.1 Å². The van der Waals surface area contributed by atoms with E-state index < -0.39 is 136 Å². The van der Waals surface area contributed by atoms with Crippen LogP contribution in [-0.2, 0) is 28.4 Å². The molecule has 54 heavy (non-hydrogen) atoms. The Labute approximate surface area is 300 Å². The average molecular weight is 771 g/mol. The zero-order valence-electron chi connectivity index (χ0n) is 27.4. The molecule has 31 heteroatoms. The Balaban J connectivity index is 1.67. The van der Waals surface area contributed by atoms with Gasteiger partial charge in [-0.25, -0.2) is 0 Å². The van der Waals surface area contributed by atoms with Gasteiger partial charge in [-0.15, -0.1) is 0 Å². The fraction of sp³-hybridized carbons (Fsp3) is 1.00. The second kappa shape index (κ2) is 19.6. The second-order valence-electron chi connectivity index (χ2n) is 12.1. The molecule has 294 valence electrons. The molecule has 0 spiro atoms. The smallest absolute Gasteiger partial charge is 0.187 e. The summed E-state index contributed by atoms with van der Waals surface area (Å²) in [6.45, 7) is -1.92. The Hall–Kier alpha value is -4.66. The van der Waals surface area contributed by atoms with Gasteiger partial charge in [-0.2, -0.15) is 0 Å². The number of ether oxygens (including phenoxy) is 6. The summed E-state index contributed by atoms with van der Waals surface area (Å²) in [7, 11) is 0. The SMILES string of the molecule is [N-]=[N+]=NC[C@@H]1O[C@H](O[C@H]2[C@@H](O)[C@H](O[C@@H]3[C@@H](O)[C@H](N=[N+]=[N-])C[C@H](N=[N+]=[N-])[C@H]3O[C@H]3O[C@H](CN=[N+]=[N-])[C@@H](O)[C@H](O)[C@H]3N=[N+]=[N-])O[C@@H]2CO)[C@H](N=[N+]=[N-])[C@@H](O)[C@@H]1O. The van der Waals surface area contributed by atoms with Crippen LogP contribution >= 0.6 is 0 Å². The van der Waals surface area contributed by atoms with Crippen LogP contribution in [0.1, 0.15) is 6.42 Å². The Morgan fingerprint density at radius 2 is 0.926 bits per heavy atom. The molecule has 0 unspecified atom stereocenters. The van der Waals surface area contributed by atoms with Crippen molar-refractivity contribution in [2.75, 3.05) is 19.7 Å². The van der Waals surface area contributed by atoms with Crippen LogP contribution in [0.25, 0.3) is 62.7 Å². The minimum atomic E-state index is -1.94. The van der Waals surface area contributed by atoms with Gasteiger partial charge in [0, 0.05) is 29.5 Å². The first-order valence-electron chi connectivity index (χ1n) is 15.8. The van der Waals surface area contributed by atoms with E-state index in [2.05, 4.69) is 60.2 Å². The van der Waals surface area contributed by atoms with E-state index in [1.807, 2.05) is 0 Å². The van der Waals surface area contributed by atoms with Gasteiger partial charge < -0.3 is 64.2 Å². The molecule has 3 aliphatic heterocycles. The van der Waals surface area contributed by atoms with Crippen molar-refractivity contribution in [3.8, 4) is 0 Å². The molecule has 4 fully saturated rings. The molecule has 4 rings (SSSR count). The van der Waals surface area contributed by atoms with Crippen molar-refractivity contribution < 1.29 is 64.2 Å². The van der Waals surface area contributed by atoms with E-state index in [9.17, 15) is 41.3 Å². The van der Waals surface area contributed by atoms with Gasteiger partial charge in [0.2, 0.25) is 0 Å². The lowest BCUT2D eigenvalue weighted by molar-refractivity contribution is -0.306. The molecule has 1 aliphatic carbocycles. The van der Waals surface area contributed by atoms with Crippen LogP contribution in [0.5, 0.6) is 0 Å². The van der Waals surface area contributed by atoms with E-state index in [-0.39, 0.29) is 6.42 Å². The quantitative estimate of drug-likeness (QED) is 0.0611. The summed E-state index contributed by atoms with van der Waals surface area (Å²) in [6, 6.07) is -6.12. The average Bonchev–Trinajstić information content (AvgIpc) is 3.45. The summed E-state index contributed by atoms with van der Waals surface area (Å²) in [5.74, 6) is 0. The fourth-order valence-electron chi connectivity index (χ4n) is 6.40. The molecule has 4 aliphatic rings. The number of azide groups is 6. The van der Waals surface area contributed by atoms with Crippen LogP contribution in [0, 0.1) is 0 Å². The van der Waals surface area contributed by atoms with Gasteiger partial charge in [-0.1, -0.05) is 30.7 Å². The largest absolute Gasteiger partial charge is 0.394 e. The van der Waals surface area contributed by atoms with Crippen LogP contribution < -0.4 is 0 Å². The van der Waals surface area contributed by atoms with Gasteiger partial charge >= 0.3 is 0 Å². The van der Waals surface area contributed by atoms with Crippen LogP contribution in [0.3, 0.4) is 0 Å². The summed E-state index contributed by atoms with van der Waals surface area (Å²) in [5.41, 5.74) is 54.3. The third-order valence-electron chi connectivity index (χ3n) is 9.02. The summed E-state index contributed by atoms with van der Waals surface area (Å²) in [5, 5.41) is 95.8. The van der Waals surface area contributed by atoms with Gasteiger partial charge in [0.1, 0.15) is 48.7 Å². The molecule has 0 amide bonds. The number of hydrogen-bond acceptors (Lipinski definition) is 19. The van der Waals surface area contributed by atoms with Crippen molar-refractivity contribution in [3.05, 3.63) is 62.7 Å². The first-order valence-corrected chi connectivity index (χ1v) is 15.8. The van der Waals surface area contributed by atoms with E-state index >= 15 is 0 Å². The molecule has 3 heterocycles. The summed E-state index contributed by atoms with van der Waals surface area (Å²) in [4.78, 5) is 15.8. The maximum Gasteiger partial charge on any atom is 0.187 e. The molecule has 0 bridgehead atoms. The highest BCUT2D eigenvalue weighted by molar-refractivity contribution is 5.04. The van der Waals surface area contributed by atoms with Crippen LogP contribution in [0.15, 0.2) is 30.7 Å². The van der Waals surface area contributed by atoms with Gasteiger partial charge in [-0.3, -0.25) is 0 Å². The number of rotatable bonds is 15. The highest BCUT2D eigenvalue weighted by atomic mass is 16.8. The lowest BCUT2D eigenvalue weighted by Gasteiger charge is -2.47. The molecule has 3 saturated heterocycles. The molecule has 31 nitrogen and oxygen atoms in total. The summed E-state index contributed by atoms with van der Waals surface area (Å²) in [6.07, 6.45) is -26.2. The second-order valence-corrected chi connectivity index (χ2v) is 12.1. The summed E-state index contributed by atoms with van der Waals surface area (Å²) >= 11 is 0. The lowest BCUT2D eigenvalue weighted by atomic mass is 9.84. The third-order valence-corrected chi connectivity index (χ3v) is 9.02. The van der Waals surface area contributed by atoms with Crippen molar-refractivity contribution >= 4 is 0 Å². The van der Waals surface area contributed by atoms with Crippen molar-refractivity contribution in [1.82, 2.24) is 0 Å². The monoisotopic (exact) mass is 770 g/mol. The third kappa shape index (κ3) is 9.16. The molecule has 0 aromatic heterocycles. The van der Waals surface area contributed by atoms with E-state index in [1.54, 1.807) is 0 Å². The normalized spacial score (nSPS) is 43.1. The van der Waals surface area contributed by atoms with Crippen molar-refractivity contribution in [3.63, 3.8) is 0 Å². The number of hydrogen-bond donors (Lipinski definition) is 7. The van der Waals surface area contributed by atoms with E-state index in [0.717, 1.165) is 0 Å². The zero-order chi connectivity index (χ0) is 39.5. The van der Waals surface area contributed by atoms with Gasteiger partial charge in [0.15, 0.2) is 18.9 Å². The standard InChI is InChI=1S/C23H34N18O13/c24-36-30-2-7-13(44)15(46)10(34-40-28)21(49-7)52-18-6(33-39-27)1-5(32-38-26)12(43)20(18)54-23-17(48)19(9(4-42)51-23)53-22-11(35-41-29)16(47)14(45)8(50-22)3-31-37-25/h5-23,42-48H,1-4H2/t5-,6+,7-,8+,9-,10-,11-,12+,13-,14-,15-,16-,17-,18-,19-,20-,21-,22-,23+/m1/s1. The number of aliphatic hydroxyl groups is 7. The summed E-state index contributed by atoms with van der Waals surface area (Å²) < 4.78 is 34.7.